The molecule has 1 aliphatic rings. The van der Waals surface area contributed by atoms with Crippen LogP contribution in [0.4, 0.5) is 0 Å². The number of H-pyrrole nitrogens is 1. The number of aromatic amines is 1. The molecule has 30 heavy (non-hydrogen) atoms. The molecule has 1 fully saturated rings. The molecule has 0 unspecified atom stereocenters. The molecule has 2 heterocycles. The van der Waals surface area contributed by atoms with E-state index in [1.807, 2.05) is 29.6 Å². The zero-order valence-electron chi connectivity index (χ0n) is 16.5. The van der Waals surface area contributed by atoms with Crippen molar-refractivity contribution in [1.29, 1.82) is 0 Å². The summed E-state index contributed by atoms with van der Waals surface area (Å²) < 4.78 is 1.90. The lowest BCUT2D eigenvalue weighted by Gasteiger charge is -2.28. The van der Waals surface area contributed by atoms with E-state index in [4.69, 9.17) is 11.6 Å². The molecule has 1 aromatic carbocycles. The number of rotatable bonds is 6. The summed E-state index contributed by atoms with van der Waals surface area (Å²) in [7, 11) is 0. The van der Waals surface area contributed by atoms with Gasteiger partial charge >= 0.3 is 5.69 Å². The number of halogens is 1. The van der Waals surface area contributed by atoms with Gasteiger partial charge in [0.05, 0.1) is 5.52 Å². The first-order chi connectivity index (χ1) is 14.5. The molecular weight excluding hydrogens is 422 g/mol. The highest BCUT2D eigenvalue weighted by molar-refractivity contribution is 7.17. The van der Waals surface area contributed by atoms with E-state index >= 15 is 0 Å². The first-order valence-electron chi connectivity index (χ1n) is 10.2. The molecule has 0 spiro atoms. The lowest BCUT2D eigenvalue weighted by Crippen LogP contribution is -2.39. The minimum absolute atomic E-state index is 0.00116. The second-order valence-corrected chi connectivity index (χ2v) is 9.25. The van der Waals surface area contributed by atoms with Gasteiger partial charge in [0.15, 0.2) is 0 Å². The molecule has 0 atom stereocenters. The van der Waals surface area contributed by atoms with Crippen LogP contribution in [-0.2, 0) is 17.8 Å². The summed E-state index contributed by atoms with van der Waals surface area (Å²) in [4.78, 5) is 40.2. The Balaban J connectivity index is 1.27. The average molecular weight is 446 g/mol. The molecule has 0 saturated heterocycles. The summed E-state index contributed by atoms with van der Waals surface area (Å²) in [6.45, 7) is 1.01. The van der Waals surface area contributed by atoms with Crippen molar-refractivity contribution in [2.24, 2.45) is 11.8 Å². The summed E-state index contributed by atoms with van der Waals surface area (Å²) >= 11 is 7.24. The molecule has 4 rings (SSSR count). The van der Waals surface area contributed by atoms with Gasteiger partial charge in [-0.3, -0.25) is 14.2 Å². The number of benzene rings is 1. The van der Waals surface area contributed by atoms with E-state index in [-0.39, 0.29) is 29.0 Å². The van der Waals surface area contributed by atoms with Gasteiger partial charge in [-0.05, 0) is 67.2 Å². The zero-order chi connectivity index (χ0) is 21.1. The standard InChI is InChI=1S/C22H24ClN3O3S/c23-17-7-3-14(4-8-17)9-11-24-20(27)16-5-1-15(2-6-16)13-26-21(28)19-18(10-12-30-19)25-22(26)29/h3-4,7-8,10,12,15-16H,1-2,5-6,9,11,13H2,(H,24,27)(H,25,29). The molecule has 0 radical (unpaired) electrons. The number of nitrogens with zero attached hydrogens (tertiary/aromatic N) is 1. The molecule has 1 saturated carbocycles. The molecule has 1 aliphatic carbocycles. The zero-order valence-corrected chi connectivity index (χ0v) is 18.1. The van der Waals surface area contributed by atoms with Crippen molar-refractivity contribution in [2.75, 3.05) is 6.54 Å². The van der Waals surface area contributed by atoms with Crippen molar-refractivity contribution in [3.8, 4) is 0 Å². The minimum atomic E-state index is -0.354. The Kier molecular flexibility index (Phi) is 6.39. The molecule has 158 valence electrons. The maximum Gasteiger partial charge on any atom is 0.328 e. The van der Waals surface area contributed by atoms with Crippen LogP contribution in [0.15, 0.2) is 45.3 Å². The number of aromatic nitrogens is 2. The normalized spacial score (nSPS) is 19.1. The summed E-state index contributed by atoms with van der Waals surface area (Å²) in [6, 6.07) is 9.40. The summed E-state index contributed by atoms with van der Waals surface area (Å²) in [5, 5.41) is 5.55. The Morgan fingerprint density at radius 1 is 1.13 bits per heavy atom. The first kappa shape index (κ1) is 20.9. The van der Waals surface area contributed by atoms with Crippen LogP contribution in [0.5, 0.6) is 0 Å². The third-order valence-electron chi connectivity index (χ3n) is 5.88. The first-order valence-corrected chi connectivity index (χ1v) is 11.5. The number of carbonyl (C=O) groups is 1. The van der Waals surface area contributed by atoms with E-state index in [1.165, 1.54) is 15.9 Å². The van der Waals surface area contributed by atoms with E-state index in [0.717, 1.165) is 37.7 Å². The topological polar surface area (TPSA) is 84.0 Å². The van der Waals surface area contributed by atoms with Gasteiger partial charge in [0, 0.05) is 24.0 Å². The quantitative estimate of drug-likeness (QED) is 0.608. The number of amides is 1. The fourth-order valence-corrected chi connectivity index (χ4v) is 5.05. The van der Waals surface area contributed by atoms with Crippen molar-refractivity contribution < 1.29 is 4.79 Å². The highest BCUT2D eigenvalue weighted by Crippen LogP contribution is 2.29. The van der Waals surface area contributed by atoms with Gasteiger partial charge < -0.3 is 10.3 Å². The molecule has 2 N–H and O–H groups in total. The second kappa shape index (κ2) is 9.18. The maximum absolute atomic E-state index is 12.6. The Labute approximate surface area is 182 Å². The SMILES string of the molecule is O=C(NCCc1ccc(Cl)cc1)C1CCC(Cn2c(=O)[nH]c3ccsc3c2=O)CC1. The van der Waals surface area contributed by atoms with E-state index in [2.05, 4.69) is 10.3 Å². The molecule has 0 bridgehead atoms. The van der Waals surface area contributed by atoms with E-state index in [9.17, 15) is 14.4 Å². The summed E-state index contributed by atoms with van der Waals surface area (Å²) in [6.07, 6.45) is 4.01. The van der Waals surface area contributed by atoms with Crippen LogP contribution < -0.4 is 16.6 Å². The Morgan fingerprint density at radius 2 is 1.87 bits per heavy atom. The average Bonchev–Trinajstić information content (AvgIpc) is 3.21. The molecular formula is C22H24ClN3O3S. The van der Waals surface area contributed by atoms with Gasteiger partial charge in [-0.25, -0.2) is 4.79 Å². The van der Waals surface area contributed by atoms with E-state index in [0.29, 0.717) is 28.3 Å². The van der Waals surface area contributed by atoms with Crippen LogP contribution in [-0.4, -0.2) is 22.0 Å². The smallest absolute Gasteiger partial charge is 0.328 e. The summed E-state index contributed by atoms with van der Waals surface area (Å²) in [5.41, 5.74) is 1.17. The Morgan fingerprint density at radius 3 is 2.60 bits per heavy atom. The Hall–Kier alpha value is -2.38. The van der Waals surface area contributed by atoms with Crippen LogP contribution >= 0.6 is 22.9 Å². The monoisotopic (exact) mass is 445 g/mol. The van der Waals surface area contributed by atoms with Gasteiger partial charge in [-0.15, -0.1) is 11.3 Å². The van der Waals surface area contributed by atoms with Crippen LogP contribution in [0.1, 0.15) is 31.2 Å². The van der Waals surface area contributed by atoms with Crippen LogP contribution in [0.3, 0.4) is 0 Å². The molecule has 1 amide bonds. The van der Waals surface area contributed by atoms with Gasteiger partial charge in [0.2, 0.25) is 5.91 Å². The number of hydrogen-bond donors (Lipinski definition) is 2. The predicted octanol–water partition coefficient (Wildman–Crippen LogP) is 3.57. The highest BCUT2D eigenvalue weighted by atomic mass is 35.5. The molecule has 2 aromatic heterocycles. The maximum atomic E-state index is 12.6. The van der Waals surface area contributed by atoms with Gasteiger partial charge in [0.1, 0.15) is 4.70 Å². The number of carbonyl (C=O) groups excluding carboxylic acids is 1. The van der Waals surface area contributed by atoms with Crippen molar-refractivity contribution in [3.63, 3.8) is 0 Å². The third-order valence-corrected chi connectivity index (χ3v) is 7.03. The fraction of sp³-hybridized carbons (Fsp3) is 0.409. The third kappa shape index (κ3) is 4.68. The van der Waals surface area contributed by atoms with E-state index in [1.54, 1.807) is 6.07 Å². The second-order valence-electron chi connectivity index (χ2n) is 7.89. The highest BCUT2D eigenvalue weighted by Gasteiger charge is 2.27. The number of thiophene rings is 1. The fourth-order valence-electron chi connectivity index (χ4n) is 4.13. The van der Waals surface area contributed by atoms with Crippen LogP contribution in [0, 0.1) is 11.8 Å². The van der Waals surface area contributed by atoms with Crippen molar-refractivity contribution >= 4 is 39.1 Å². The van der Waals surface area contributed by atoms with Crippen molar-refractivity contribution in [3.05, 3.63) is 67.1 Å². The van der Waals surface area contributed by atoms with Crippen molar-refractivity contribution in [2.45, 2.75) is 38.6 Å². The van der Waals surface area contributed by atoms with Crippen LogP contribution in [0.2, 0.25) is 5.02 Å². The number of nitrogens with one attached hydrogen (secondary N) is 2. The molecule has 8 heteroatoms. The number of hydrogen-bond acceptors (Lipinski definition) is 4. The molecule has 6 nitrogen and oxygen atoms in total. The van der Waals surface area contributed by atoms with E-state index < -0.39 is 0 Å². The predicted molar refractivity (Wildman–Crippen MR) is 120 cm³/mol. The van der Waals surface area contributed by atoms with Gasteiger partial charge in [0.25, 0.3) is 5.56 Å². The molecule has 3 aromatic rings. The minimum Gasteiger partial charge on any atom is -0.356 e. The van der Waals surface area contributed by atoms with Crippen LogP contribution in [0.25, 0.3) is 10.2 Å². The Bertz CT molecular complexity index is 1140. The number of fused-ring (bicyclic) bond motifs is 1. The molecule has 0 aliphatic heterocycles. The van der Waals surface area contributed by atoms with Gasteiger partial charge in [-0.2, -0.15) is 0 Å². The lowest BCUT2D eigenvalue weighted by atomic mass is 9.81. The van der Waals surface area contributed by atoms with Gasteiger partial charge in [-0.1, -0.05) is 23.7 Å². The summed E-state index contributed by atoms with van der Waals surface area (Å²) in [5.74, 6) is 0.331. The largest absolute Gasteiger partial charge is 0.356 e. The lowest BCUT2D eigenvalue weighted by molar-refractivity contribution is -0.126. The van der Waals surface area contributed by atoms with Crippen molar-refractivity contribution in [1.82, 2.24) is 14.9 Å².